The van der Waals surface area contributed by atoms with Crippen molar-refractivity contribution in [1.29, 1.82) is 0 Å². The Labute approximate surface area is 139 Å². The number of likely N-dealkylation sites (tertiary alicyclic amines) is 1. The second-order valence-electron chi connectivity index (χ2n) is 6.30. The van der Waals surface area contributed by atoms with E-state index in [2.05, 4.69) is 20.2 Å². The van der Waals surface area contributed by atoms with Crippen molar-refractivity contribution >= 4 is 0 Å². The summed E-state index contributed by atoms with van der Waals surface area (Å²) in [6.45, 7) is 7.49. The van der Waals surface area contributed by atoms with E-state index in [4.69, 9.17) is 13.5 Å². The molecule has 126 valence electrons. The van der Waals surface area contributed by atoms with Crippen molar-refractivity contribution in [3.05, 3.63) is 40.7 Å². The summed E-state index contributed by atoms with van der Waals surface area (Å²) < 4.78 is 16.3. The molecule has 0 spiro atoms. The predicted molar refractivity (Wildman–Crippen MR) is 85.1 cm³/mol. The minimum atomic E-state index is 0.224. The molecule has 1 atom stereocenters. The number of oxazole rings is 1. The van der Waals surface area contributed by atoms with E-state index < -0.39 is 0 Å². The normalized spacial score (nSPS) is 18.5. The molecular formula is C17H20N4O3. The van der Waals surface area contributed by atoms with E-state index in [9.17, 15) is 0 Å². The number of furan rings is 1. The third kappa shape index (κ3) is 2.65. The molecule has 3 aromatic rings. The third-order valence-corrected chi connectivity index (χ3v) is 4.56. The zero-order valence-corrected chi connectivity index (χ0v) is 14.1. The van der Waals surface area contributed by atoms with Gasteiger partial charge in [0.2, 0.25) is 0 Å². The van der Waals surface area contributed by atoms with Gasteiger partial charge in [0.25, 0.3) is 5.89 Å². The number of aryl methyl sites for hydroxylation is 3. The van der Waals surface area contributed by atoms with E-state index in [1.807, 2.05) is 32.9 Å². The molecule has 3 aromatic heterocycles. The number of hydrogen-bond donors (Lipinski definition) is 0. The Morgan fingerprint density at radius 2 is 2.04 bits per heavy atom. The van der Waals surface area contributed by atoms with Crippen LogP contribution in [0.4, 0.5) is 0 Å². The molecule has 4 heterocycles. The van der Waals surface area contributed by atoms with Crippen molar-refractivity contribution in [3.63, 3.8) is 0 Å². The first-order valence-electron chi connectivity index (χ1n) is 8.18. The summed E-state index contributed by atoms with van der Waals surface area (Å²) in [5.41, 5.74) is 2.71. The maximum Gasteiger partial charge on any atom is 0.263 e. The fourth-order valence-corrected chi connectivity index (χ4v) is 3.29. The van der Waals surface area contributed by atoms with Crippen LogP contribution in [0.15, 0.2) is 25.6 Å². The van der Waals surface area contributed by atoms with Gasteiger partial charge in [-0.15, -0.1) is 0 Å². The van der Waals surface area contributed by atoms with Gasteiger partial charge in [0, 0.05) is 6.54 Å². The molecule has 1 fully saturated rings. The average molecular weight is 328 g/mol. The average Bonchev–Trinajstić information content (AvgIpc) is 3.30. The highest BCUT2D eigenvalue weighted by molar-refractivity contribution is 5.45. The zero-order chi connectivity index (χ0) is 16.7. The lowest BCUT2D eigenvalue weighted by Gasteiger charge is -2.21. The summed E-state index contributed by atoms with van der Waals surface area (Å²) >= 11 is 0. The molecule has 0 bridgehead atoms. The molecule has 0 amide bonds. The molecule has 7 heteroatoms. The highest BCUT2D eigenvalue weighted by Gasteiger charge is 2.31. The van der Waals surface area contributed by atoms with Crippen LogP contribution < -0.4 is 0 Å². The molecule has 1 aliphatic rings. The van der Waals surface area contributed by atoms with Crippen LogP contribution in [0.2, 0.25) is 0 Å². The summed E-state index contributed by atoms with van der Waals surface area (Å²) in [5.74, 6) is 2.86. The minimum absolute atomic E-state index is 0.224. The standard InChI is InChI=1S/C17H20N4O3/c1-10-6-7-15(22-10)17-18-13(12(3)23-17)9-21-8-4-5-14(21)16-11(2)19-24-20-16/h6-7,14H,4-5,8-9H2,1-3H3/t14-/m1/s1. The lowest BCUT2D eigenvalue weighted by Crippen LogP contribution is -2.24. The topological polar surface area (TPSA) is 81.3 Å². The highest BCUT2D eigenvalue weighted by atomic mass is 16.6. The molecule has 0 unspecified atom stereocenters. The first-order chi connectivity index (χ1) is 11.6. The first-order valence-corrected chi connectivity index (χ1v) is 8.18. The maximum atomic E-state index is 5.80. The van der Waals surface area contributed by atoms with Crippen LogP contribution in [0.3, 0.4) is 0 Å². The van der Waals surface area contributed by atoms with Crippen molar-refractivity contribution in [1.82, 2.24) is 20.2 Å². The number of rotatable bonds is 4. The van der Waals surface area contributed by atoms with E-state index >= 15 is 0 Å². The first kappa shape index (κ1) is 15.1. The van der Waals surface area contributed by atoms with Crippen molar-refractivity contribution < 1.29 is 13.5 Å². The van der Waals surface area contributed by atoms with Gasteiger partial charge < -0.3 is 8.83 Å². The van der Waals surface area contributed by atoms with Gasteiger partial charge in [0.05, 0.1) is 11.7 Å². The number of hydrogen-bond acceptors (Lipinski definition) is 7. The Morgan fingerprint density at radius 1 is 1.17 bits per heavy atom. The summed E-state index contributed by atoms with van der Waals surface area (Å²) in [6, 6.07) is 4.01. The van der Waals surface area contributed by atoms with Crippen molar-refractivity contribution in [2.75, 3.05) is 6.54 Å². The fourth-order valence-electron chi connectivity index (χ4n) is 3.29. The van der Waals surface area contributed by atoms with Crippen LogP contribution in [-0.2, 0) is 6.54 Å². The lowest BCUT2D eigenvalue weighted by atomic mass is 10.1. The molecule has 0 N–H and O–H groups in total. The van der Waals surface area contributed by atoms with Crippen LogP contribution in [0.1, 0.15) is 47.5 Å². The van der Waals surface area contributed by atoms with E-state index in [-0.39, 0.29) is 6.04 Å². The summed E-state index contributed by atoms with van der Waals surface area (Å²) in [6.07, 6.45) is 2.17. The zero-order valence-electron chi connectivity index (χ0n) is 14.1. The molecular weight excluding hydrogens is 308 g/mol. The van der Waals surface area contributed by atoms with E-state index in [1.54, 1.807) is 0 Å². The van der Waals surface area contributed by atoms with Crippen LogP contribution in [0, 0.1) is 20.8 Å². The molecule has 1 aliphatic heterocycles. The molecule has 4 rings (SSSR count). The monoisotopic (exact) mass is 328 g/mol. The van der Waals surface area contributed by atoms with E-state index in [0.717, 1.165) is 48.0 Å². The number of nitrogens with zero attached hydrogens (tertiary/aromatic N) is 4. The minimum Gasteiger partial charge on any atom is -0.456 e. The van der Waals surface area contributed by atoms with E-state index in [0.29, 0.717) is 18.2 Å². The molecule has 0 aliphatic carbocycles. The van der Waals surface area contributed by atoms with Crippen LogP contribution >= 0.6 is 0 Å². The Hall–Kier alpha value is -2.41. The van der Waals surface area contributed by atoms with E-state index in [1.165, 1.54) is 0 Å². The molecule has 0 aromatic carbocycles. The van der Waals surface area contributed by atoms with Crippen molar-refractivity contribution in [2.24, 2.45) is 0 Å². The molecule has 7 nitrogen and oxygen atoms in total. The van der Waals surface area contributed by atoms with Gasteiger partial charge in [-0.3, -0.25) is 4.90 Å². The second kappa shape index (κ2) is 5.90. The van der Waals surface area contributed by atoms with Crippen molar-refractivity contribution in [2.45, 2.75) is 46.2 Å². The Kier molecular flexibility index (Phi) is 3.72. The van der Waals surface area contributed by atoms with Gasteiger partial charge in [-0.05, 0) is 52.3 Å². The van der Waals surface area contributed by atoms with Gasteiger partial charge in [-0.1, -0.05) is 10.3 Å². The highest BCUT2D eigenvalue weighted by Crippen LogP contribution is 2.34. The largest absolute Gasteiger partial charge is 0.456 e. The van der Waals surface area contributed by atoms with Gasteiger partial charge >= 0.3 is 0 Å². The smallest absolute Gasteiger partial charge is 0.263 e. The molecule has 24 heavy (non-hydrogen) atoms. The van der Waals surface area contributed by atoms with Gasteiger partial charge in [0.15, 0.2) is 5.76 Å². The van der Waals surface area contributed by atoms with Crippen LogP contribution in [0.25, 0.3) is 11.7 Å². The molecule has 1 saturated heterocycles. The third-order valence-electron chi connectivity index (χ3n) is 4.56. The van der Waals surface area contributed by atoms with Gasteiger partial charge in [-0.25, -0.2) is 9.61 Å². The Balaban J connectivity index is 1.57. The SMILES string of the molecule is Cc1ccc(-c2nc(CN3CCC[C@@H]3c3nonc3C)c(C)o2)o1. The van der Waals surface area contributed by atoms with Crippen LogP contribution in [0.5, 0.6) is 0 Å². The van der Waals surface area contributed by atoms with Crippen molar-refractivity contribution in [3.8, 4) is 11.7 Å². The second-order valence-corrected chi connectivity index (χ2v) is 6.30. The maximum absolute atomic E-state index is 5.80. The summed E-state index contributed by atoms with van der Waals surface area (Å²) in [7, 11) is 0. The quantitative estimate of drug-likeness (QED) is 0.724. The summed E-state index contributed by atoms with van der Waals surface area (Å²) in [5, 5.41) is 7.99. The number of aromatic nitrogens is 3. The molecule has 0 radical (unpaired) electrons. The van der Waals surface area contributed by atoms with Gasteiger partial charge in [0.1, 0.15) is 22.9 Å². The molecule has 0 saturated carbocycles. The summed E-state index contributed by atoms with van der Waals surface area (Å²) in [4.78, 5) is 6.99. The Bertz CT molecular complexity index is 848. The lowest BCUT2D eigenvalue weighted by molar-refractivity contribution is 0.228. The predicted octanol–water partition coefficient (Wildman–Crippen LogP) is 3.58. The van der Waals surface area contributed by atoms with Gasteiger partial charge in [-0.2, -0.15) is 0 Å². The fraction of sp³-hybridized carbons (Fsp3) is 0.471. The Morgan fingerprint density at radius 3 is 2.75 bits per heavy atom. The van der Waals surface area contributed by atoms with Crippen LogP contribution in [-0.4, -0.2) is 26.7 Å².